The molecule has 45 heavy (non-hydrogen) atoms. The van der Waals surface area contributed by atoms with E-state index in [0.717, 1.165) is 0 Å². The van der Waals surface area contributed by atoms with Crippen LogP contribution in [0.3, 0.4) is 0 Å². The van der Waals surface area contributed by atoms with Gasteiger partial charge in [-0.05, 0) is 94.2 Å². The van der Waals surface area contributed by atoms with E-state index in [9.17, 15) is 45.0 Å². The lowest BCUT2D eigenvalue weighted by Crippen LogP contribution is -2.39. The quantitative estimate of drug-likeness (QED) is 0.181. The van der Waals surface area contributed by atoms with Crippen molar-refractivity contribution in [2.45, 2.75) is 75.9 Å². The molecule has 0 unspecified atom stereocenters. The van der Waals surface area contributed by atoms with Crippen molar-refractivity contribution in [2.24, 2.45) is 0 Å². The molecule has 240 valence electrons. The van der Waals surface area contributed by atoms with E-state index in [-0.39, 0.29) is 34.8 Å². The van der Waals surface area contributed by atoms with E-state index >= 15 is 0 Å². The van der Waals surface area contributed by atoms with E-state index in [2.05, 4.69) is 16.0 Å². The number of rotatable bonds is 6. The summed E-state index contributed by atoms with van der Waals surface area (Å²) in [6.07, 6.45) is 5.16. The molecule has 1 aliphatic carbocycles. The topological polar surface area (TPSA) is 209 Å². The molecule has 0 radical (unpaired) electrons. The number of hydrogen-bond donors (Lipinski definition) is 9. The zero-order chi connectivity index (χ0) is 32.5. The molecule has 0 spiro atoms. The second-order valence-corrected chi connectivity index (χ2v) is 11.3. The van der Waals surface area contributed by atoms with Gasteiger partial charge in [-0.25, -0.2) is 0 Å². The van der Waals surface area contributed by atoms with E-state index in [4.69, 9.17) is 0 Å². The van der Waals surface area contributed by atoms with Crippen LogP contribution in [0.2, 0.25) is 0 Å². The first kappa shape index (κ1) is 32.8. The van der Waals surface area contributed by atoms with Crippen molar-refractivity contribution in [1.82, 2.24) is 16.0 Å². The Kier molecular flexibility index (Phi) is 11.0. The first-order valence-electron chi connectivity index (χ1n) is 15.0. The molecule has 0 bridgehead atoms. The van der Waals surface area contributed by atoms with Crippen molar-refractivity contribution in [3.05, 3.63) is 71.3 Å². The van der Waals surface area contributed by atoms with E-state index in [0.29, 0.717) is 57.8 Å². The van der Waals surface area contributed by atoms with E-state index in [1.54, 1.807) is 0 Å². The first-order chi connectivity index (χ1) is 21.5. The van der Waals surface area contributed by atoms with Crippen molar-refractivity contribution in [3.8, 4) is 34.5 Å². The monoisotopic (exact) mass is 621 g/mol. The summed E-state index contributed by atoms with van der Waals surface area (Å²) in [5.41, 5.74) is -0.185. The maximum absolute atomic E-state index is 13.0. The van der Waals surface area contributed by atoms with Crippen molar-refractivity contribution in [1.29, 1.82) is 0 Å². The number of para-hydroxylation sites is 3. The van der Waals surface area contributed by atoms with Crippen LogP contribution in [0.1, 0.15) is 88.9 Å². The number of nitrogens with one attached hydrogen (secondary N) is 3. The molecule has 12 heteroatoms. The second-order valence-electron chi connectivity index (χ2n) is 11.3. The Labute approximate surface area is 260 Å². The lowest BCUT2D eigenvalue weighted by Gasteiger charge is -2.26. The zero-order valence-corrected chi connectivity index (χ0v) is 24.7. The predicted molar refractivity (Wildman–Crippen MR) is 165 cm³/mol. The third-order valence-corrected chi connectivity index (χ3v) is 8.10. The second kappa shape index (κ2) is 15.0. The Morgan fingerprint density at radius 3 is 0.933 bits per heavy atom. The summed E-state index contributed by atoms with van der Waals surface area (Å²) >= 11 is 0. The average molecular weight is 622 g/mol. The van der Waals surface area contributed by atoms with Crippen molar-refractivity contribution < 1.29 is 45.0 Å². The summed E-state index contributed by atoms with van der Waals surface area (Å²) in [5.74, 6) is -4.41. The van der Waals surface area contributed by atoms with Crippen molar-refractivity contribution >= 4 is 17.7 Å². The molecule has 3 aromatic rings. The first-order valence-corrected chi connectivity index (χ1v) is 15.0. The molecule has 1 fully saturated rings. The van der Waals surface area contributed by atoms with Crippen molar-refractivity contribution in [3.63, 3.8) is 0 Å². The number of phenols is 6. The van der Waals surface area contributed by atoms with Gasteiger partial charge < -0.3 is 46.6 Å². The van der Waals surface area contributed by atoms with Crippen LogP contribution in [0.25, 0.3) is 0 Å². The van der Waals surface area contributed by atoms with Gasteiger partial charge in [0.2, 0.25) is 0 Å². The van der Waals surface area contributed by atoms with Gasteiger partial charge in [-0.1, -0.05) is 18.2 Å². The Morgan fingerprint density at radius 1 is 0.444 bits per heavy atom. The Bertz CT molecular complexity index is 1340. The molecule has 1 aliphatic rings. The minimum Gasteiger partial charge on any atom is -0.504 e. The molecule has 0 aromatic heterocycles. The van der Waals surface area contributed by atoms with Crippen LogP contribution < -0.4 is 16.0 Å². The normalized spacial score (nSPS) is 19.3. The van der Waals surface area contributed by atoms with Crippen LogP contribution in [0, 0.1) is 0 Å². The van der Waals surface area contributed by atoms with Gasteiger partial charge in [0, 0.05) is 18.1 Å². The maximum Gasteiger partial charge on any atom is 0.255 e. The van der Waals surface area contributed by atoms with Crippen LogP contribution in [0.4, 0.5) is 0 Å². The summed E-state index contributed by atoms with van der Waals surface area (Å²) in [6, 6.07) is 11.5. The molecule has 12 nitrogen and oxygen atoms in total. The third-order valence-electron chi connectivity index (χ3n) is 8.10. The van der Waals surface area contributed by atoms with Crippen molar-refractivity contribution in [2.75, 3.05) is 0 Å². The number of phenolic OH excluding ortho intramolecular Hbond substituents is 6. The molecule has 3 aromatic carbocycles. The lowest BCUT2D eigenvalue weighted by atomic mass is 9.93. The van der Waals surface area contributed by atoms with Crippen LogP contribution in [0.15, 0.2) is 54.6 Å². The van der Waals surface area contributed by atoms with Gasteiger partial charge in [0.15, 0.2) is 34.5 Å². The molecule has 9 N–H and O–H groups in total. The molecule has 1 saturated carbocycles. The molecule has 3 amide bonds. The number of benzene rings is 3. The number of hydrogen-bond acceptors (Lipinski definition) is 9. The number of carbonyl (C=O) groups is 3. The van der Waals surface area contributed by atoms with Crippen LogP contribution in [0.5, 0.6) is 34.5 Å². The van der Waals surface area contributed by atoms with Crippen LogP contribution >= 0.6 is 0 Å². The highest BCUT2D eigenvalue weighted by Crippen LogP contribution is 2.31. The van der Waals surface area contributed by atoms with Gasteiger partial charge in [-0.2, -0.15) is 0 Å². The van der Waals surface area contributed by atoms with Gasteiger partial charge in [0.05, 0.1) is 16.7 Å². The van der Waals surface area contributed by atoms with Gasteiger partial charge in [-0.3, -0.25) is 14.4 Å². The lowest BCUT2D eigenvalue weighted by molar-refractivity contribution is 0.0926. The summed E-state index contributed by atoms with van der Waals surface area (Å²) < 4.78 is 0. The molecule has 4 rings (SSSR count). The molecular formula is C33H39N3O9. The Hall–Kier alpha value is -5.13. The largest absolute Gasteiger partial charge is 0.504 e. The fourth-order valence-electron chi connectivity index (χ4n) is 5.63. The summed E-state index contributed by atoms with van der Waals surface area (Å²) in [6.45, 7) is 0. The standard InChI is InChI=1S/C33H39N3O9/c37-25-16-4-13-22(28(25)40)31(43)34-19-7-1-8-20(35-32(44)23-14-5-17-26(38)29(23)41)10-3-12-21(11-2-9-19)36-33(45)24-15-6-18-27(39)30(24)42/h4-6,13-21,37-42H,1-3,7-12H2,(H,34,43)(H,35,44)(H,36,45). The number of carbonyl (C=O) groups excluding carboxylic acids is 3. The van der Waals surface area contributed by atoms with Crippen LogP contribution in [-0.2, 0) is 0 Å². The smallest absolute Gasteiger partial charge is 0.255 e. The highest BCUT2D eigenvalue weighted by Gasteiger charge is 2.24. The Morgan fingerprint density at radius 2 is 0.689 bits per heavy atom. The number of amides is 3. The minimum atomic E-state index is -0.547. The molecule has 0 saturated heterocycles. The zero-order valence-electron chi connectivity index (χ0n) is 24.7. The van der Waals surface area contributed by atoms with Gasteiger partial charge in [-0.15, -0.1) is 0 Å². The molecule has 0 heterocycles. The molecule has 0 atom stereocenters. The molecule has 0 aliphatic heterocycles. The fourth-order valence-corrected chi connectivity index (χ4v) is 5.63. The fraction of sp³-hybridized carbons (Fsp3) is 0.364. The number of aromatic hydroxyl groups is 6. The van der Waals surface area contributed by atoms with Gasteiger partial charge in [0.25, 0.3) is 17.7 Å². The van der Waals surface area contributed by atoms with Crippen LogP contribution in [-0.4, -0.2) is 66.5 Å². The highest BCUT2D eigenvalue weighted by molar-refractivity contribution is 5.99. The Balaban J connectivity index is 1.50. The maximum atomic E-state index is 13.0. The van der Waals surface area contributed by atoms with Gasteiger partial charge in [0.1, 0.15) is 0 Å². The van der Waals surface area contributed by atoms with Gasteiger partial charge >= 0.3 is 0 Å². The predicted octanol–water partition coefficient (Wildman–Crippen LogP) is 4.14. The minimum absolute atomic E-state index is 0.0618. The summed E-state index contributed by atoms with van der Waals surface area (Å²) in [5, 5.41) is 68.9. The summed E-state index contributed by atoms with van der Waals surface area (Å²) in [7, 11) is 0. The highest BCUT2D eigenvalue weighted by atomic mass is 16.3. The third kappa shape index (κ3) is 8.49. The van der Waals surface area contributed by atoms with E-state index in [1.165, 1.54) is 54.6 Å². The summed E-state index contributed by atoms with van der Waals surface area (Å²) in [4.78, 5) is 39.1. The molecular weight excluding hydrogens is 582 g/mol. The van der Waals surface area contributed by atoms with E-state index in [1.807, 2.05) is 0 Å². The SMILES string of the molecule is O=C(NC1CCCC(NC(=O)c2cccc(O)c2O)CCCC(NC(=O)c2cccc(O)c2O)CCC1)c1cccc(O)c1O. The van der Waals surface area contributed by atoms with E-state index < -0.39 is 52.2 Å². The average Bonchev–Trinajstić information content (AvgIpc) is 3.00.